The molecule has 1 aliphatic heterocycles. The standard InChI is InChI=1S/C46H72N10O23S2/c1-23(48-41(70)27(47-22-62)9-5-13-57)37(66)52-28(10-6-14-58)42(71)49-24(2)38(67)53-29(11-7-15-59)43(72)50-25(3)39(68)54-30(12-8-16-60)44(73)51-26(4)40(69)55-31(45(74)75)20-80-17-18-81(77,78)21-33(63)56-34-36(65)35(64)32(19-61)79-46(34)76/h13-16,22-32,34-36,46,61,64-65,76H,5-12,17-21H2,1-4H3,(H,47,62)(H,48,70)(H,49,71)(H,50,72)(H,51,73)(H,52,66)(H,53,67)(H,54,68)(H,55,69)(H,56,63)(H,74,75)/t23?,24?,25?,26?,27?,28?,29?,30?,31?,32-,34?,35-,36-,46?/m1/s1. The number of sulfone groups is 1. The minimum Gasteiger partial charge on any atom is -0.480 e. The van der Waals surface area contributed by atoms with Crippen molar-refractivity contribution in [1.82, 2.24) is 53.2 Å². The summed E-state index contributed by atoms with van der Waals surface area (Å²) < 4.78 is 30.2. The fourth-order valence-corrected chi connectivity index (χ4v) is 9.88. The predicted octanol–water partition coefficient (Wildman–Crippen LogP) is -8.88. The highest BCUT2D eigenvalue weighted by atomic mass is 32.2. The third kappa shape index (κ3) is 26.0. The summed E-state index contributed by atoms with van der Waals surface area (Å²) in [6.07, 6.45) is -6.79. The zero-order valence-electron chi connectivity index (χ0n) is 44.6. The van der Waals surface area contributed by atoms with E-state index in [-0.39, 0.29) is 63.5 Å². The first-order valence-electron chi connectivity index (χ1n) is 25.1. The average Bonchev–Trinajstić information content (AvgIpc) is 3.45. The maximum absolute atomic E-state index is 13.4. The molecule has 1 heterocycles. The van der Waals surface area contributed by atoms with Gasteiger partial charge in [0, 0.05) is 37.2 Å². The van der Waals surface area contributed by atoms with Gasteiger partial charge < -0.3 is 103 Å². The Morgan fingerprint density at radius 1 is 0.531 bits per heavy atom. The number of amides is 10. The Morgan fingerprint density at radius 2 is 0.889 bits per heavy atom. The first kappa shape index (κ1) is 72.0. The lowest BCUT2D eigenvalue weighted by molar-refractivity contribution is -0.253. The molecule has 456 valence electrons. The number of aliphatic hydroxyl groups excluding tert-OH is 4. The van der Waals surface area contributed by atoms with E-state index in [1.165, 1.54) is 13.8 Å². The van der Waals surface area contributed by atoms with Gasteiger partial charge in [-0.2, -0.15) is 11.8 Å². The molecule has 10 amide bonds. The van der Waals surface area contributed by atoms with Gasteiger partial charge in [-0.05, 0) is 53.4 Å². The third-order valence-corrected chi connectivity index (χ3v) is 14.7. The zero-order chi connectivity index (χ0) is 61.6. The molecule has 1 aliphatic rings. The molecular formula is C46H72N10O23S2. The number of aldehydes is 4. The Balaban J connectivity index is 2.91. The number of hydrogen-bond acceptors (Lipinski definition) is 23. The van der Waals surface area contributed by atoms with Crippen molar-refractivity contribution in [3.8, 4) is 0 Å². The van der Waals surface area contributed by atoms with Crippen molar-refractivity contribution < 1.29 is 111 Å². The minimum atomic E-state index is -4.20. The number of aliphatic carboxylic acids is 1. The van der Waals surface area contributed by atoms with E-state index in [1.54, 1.807) is 0 Å². The summed E-state index contributed by atoms with van der Waals surface area (Å²) in [6, 6.07) is -14.7. The molecule has 14 atom stereocenters. The first-order valence-corrected chi connectivity index (χ1v) is 28.1. The number of carbonyl (C=O) groups excluding carboxylic acids is 14. The normalized spacial score (nSPS) is 20.1. The maximum atomic E-state index is 13.4. The van der Waals surface area contributed by atoms with Gasteiger partial charge in [0.1, 0.15) is 110 Å². The molecule has 0 aromatic rings. The van der Waals surface area contributed by atoms with Crippen molar-refractivity contribution in [2.75, 3.05) is 29.6 Å². The van der Waals surface area contributed by atoms with Crippen LogP contribution in [0.5, 0.6) is 0 Å². The Labute approximate surface area is 468 Å². The predicted molar refractivity (Wildman–Crippen MR) is 278 cm³/mol. The van der Waals surface area contributed by atoms with Crippen LogP contribution in [0.4, 0.5) is 0 Å². The minimum absolute atomic E-state index is 0.0788. The smallest absolute Gasteiger partial charge is 0.327 e. The van der Waals surface area contributed by atoms with Gasteiger partial charge in [-0.3, -0.25) is 47.9 Å². The molecule has 0 saturated carbocycles. The van der Waals surface area contributed by atoms with Crippen LogP contribution in [-0.2, 0) is 86.5 Å². The molecule has 1 fully saturated rings. The Morgan fingerprint density at radius 3 is 1.23 bits per heavy atom. The topological polar surface area (TPSA) is 521 Å². The molecule has 81 heavy (non-hydrogen) atoms. The van der Waals surface area contributed by atoms with Gasteiger partial charge >= 0.3 is 5.97 Å². The zero-order valence-corrected chi connectivity index (χ0v) is 46.2. The van der Waals surface area contributed by atoms with Crippen LogP contribution in [0.3, 0.4) is 0 Å². The van der Waals surface area contributed by atoms with Crippen molar-refractivity contribution in [2.24, 2.45) is 0 Å². The van der Waals surface area contributed by atoms with Crippen molar-refractivity contribution >= 4 is 112 Å². The largest absolute Gasteiger partial charge is 0.480 e. The number of nitrogens with one attached hydrogen (secondary N) is 10. The summed E-state index contributed by atoms with van der Waals surface area (Å²) in [5, 5.41) is 71.8. The van der Waals surface area contributed by atoms with E-state index in [0.717, 1.165) is 25.6 Å². The second-order valence-electron chi connectivity index (χ2n) is 18.3. The molecule has 0 bridgehead atoms. The van der Waals surface area contributed by atoms with Crippen LogP contribution in [-0.4, -0.2) is 239 Å². The number of carboxylic acids is 1. The lowest BCUT2D eigenvalue weighted by Gasteiger charge is -2.40. The fraction of sp³-hybridized carbons (Fsp3) is 0.674. The van der Waals surface area contributed by atoms with Gasteiger partial charge in [0.15, 0.2) is 16.1 Å². The van der Waals surface area contributed by atoms with E-state index < -0.39 is 178 Å². The summed E-state index contributed by atoms with van der Waals surface area (Å²) in [4.78, 5) is 185. The summed E-state index contributed by atoms with van der Waals surface area (Å²) >= 11 is 0.744. The number of hydrogen-bond donors (Lipinski definition) is 15. The molecule has 1 rings (SSSR count). The van der Waals surface area contributed by atoms with Gasteiger partial charge in [0.25, 0.3) is 0 Å². The Kier molecular flexibility index (Phi) is 32.9. The van der Waals surface area contributed by atoms with Gasteiger partial charge in [0.2, 0.25) is 59.6 Å². The Hall–Kier alpha value is -7.05. The SMILES string of the molecule is CC(NC(=O)C(CCC=O)NC=O)C(=O)NC(CCC=O)C(=O)NC(C)C(=O)NC(CCC=O)C(=O)NC(C)C(=O)NC(CCC=O)C(=O)NC(C)C(=O)NC(CSCCS(=O)(=O)CC(=O)NC1C(O)O[C@H](CO)[C@@H](O)[C@@H]1O)C(=O)O. The van der Waals surface area contributed by atoms with E-state index >= 15 is 0 Å². The fourth-order valence-electron chi connectivity index (χ4n) is 7.14. The average molecular weight is 1200 g/mol. The van der Waals surface area contributed by atoms with Gasteiger partial charge in [-0.1, -0.05) is 0 Å². The highest BCUT2D eigenvalue weighted by molar-refractivity contribution is 8.00. The second kappa shape index (κ2) is 37.1. The summed E-state index contributed by atoms with van der Waals surface area (Å²) in [5.74, 6) is -13.2. The van der Waals surface area contributed by atoms with Crippen molar-refractivity contribution in [1.29, 1.82) is 0 Å². The molecule has 33 nitrogen and oxygen atoms in total. The van der Waals surface area contributed by atoms with Crippen molar-refractivity contribution in [3.63, 3.8) is 0 Å². The molecule has 0 radical (unpaired) electrons. The molecule has 35 heteroatoms. The number of ether oxygens (including phenoxy) is 1. The van der Waals surface area contributed by atoms with E-state index in [0.29, 0.717) is 25.1 Å². The number of rotatable bonds is 40. The van der Waals surface area contributed by atoms with Crippen LogP contribution in [0.2, 0.25) is 0 Å². The molecule has 1 saturated heterocycles. The first-order chi connectivity index (χ1) is 38.1. The molecule has 0 aromatic heterocycles. The van der Waals surface area contributed by atoms with Crippen molar-refractivity contribution in [3.05, 3.63) is 0 Å². The van der Waals surface area contributed by atoms with E-state index in [2.05, 4.69) is 47.9 Å². The molecule has 15 N–H and O–H groups in total. The van der Waals surface area contributed by atoms with Gasteiger partial charge in [-0.15, -0.1) is 0 Å². The number of thioether (sulfide) groups is 1. The van der Waals surface area contributed by atoms with Gasteiger partial charge in [-0.25, -0.2) is 13.2 Å². The molecular weight excluding hydrogens is 1120 g/mol. The third-order valence-electron chi connectivity index (χ3n) is 11.8. The van der Waals surface area contributed by atoms with E-state index in [1.807, 2.05) is 5.32 Å². The van der Waals surface area contributed by atoms with Crippen molar-refractivity contribution in [2.45, 2.75) is 164 Å². The lowest BCUT2D eigenvalue weighted by Crippen LogP contribution is -2.64. The number of carbonyl (C=O) groups is 15. The highest BCUT2D eigenvalue weighted by Crippen LogP contribution is 2.20. The second-order valence-corrected chi connectivity index (χ2v) is 21.6. The Bertz CT molecular complexity index is 2330. The lowest BCUT2D eigenvalue weighted by atomic mass is 9.97. The van der Waals surface area contributed by atoms with Gasteiger partial charge in [0.05, 0.1) is 12.4 Å². The summed E-state index contributed by atoms with van der Waals surface area (Å²) in [7, 11) is -4.20. The van der Waals surface area contributed by atoms with Crippen LogP contribution in [0.15, 0.2) is 0 Å². The van der Waals surface area contributed by atoms with Crippen LogP contribution in [0, 0.1) is 0 Å². The molecule has 0 aromatic carbocycles. The van der Waals surface area contributed by atoms with E-state index in [9.17, 15) is 106 Å². The van der Waals surface area contributed by atoms with Crippen LogP contribution < -0.4 is 53.2 Å². The maximum Gasteiger partial charge on any atom is 0.327 e. The number of aliphatic hydroxyl groups is 4. The highest BCUT2D eigenvalue weighted by Gasteiger charge is 2.44. The summed E-state index contributed by atoms with van der Waals surface area (Å²) in [6.45, 7) is 3.96. The molecule has 0 spiro atoms. The molecule has 11 unspecified atom stereocenters. The van der Waals surface area contributed by atoms with E-state index in [4.69, 9.17) is 4.74 Å². The quantitative estimate of drug-likeness (QED) is 0.0200. The molecule has 0 aliphatic carbocycles. The number of carboxylic acid groups (broad SMARTS) is 1. The monoisotopic (exact) mass is 1200 g/mol. The van der Waals surface area contributed by atoms with Crippen LogP contribution >= 0.6 is 11.8 Å². The summed E-state index contributed by atoms with van der Waals surface area (Å²) in [5.41, 5.74) is 0. The van der Waals surface area contributed by atoms with Crippen LogP contribution in [0.25, 0.3) is 0 Å². The van der Waals surface area contributed by atoms with Crippen LogP contribution in [0.1, 0.15) is 79.1 Å².